The van der Waals surface area contributed by atoms with Gasteiger partial charge in [-0.15, -0.1) is 0 Å². The quantitative estimate of drug-likeness (QED) is 0.767. The van der Waals surface area contributed by atoms with E-state index >= 15 is 0 Å². The molecule has 1 amide bonds. The standard InChI is InChI=1S/C13H22N4O2/c1-8-11(13(19-3)17(2)16-8)6-9(7-14)12(18)15-10-4-5-10/h9-10H,4-7,14H2,1-3H3,(H,15,18). The molecule has 3 N–H and O–H groups in total. The van der Waals surface area contributed by atoms with Crippen LogP contribution < -0.4 is 15.8 Å². The number of rotatable bonds is 6. The molecule has 0 aliphatic heterocycles. The van der Waals surface area contributed by atoms with Crippen molar-refractivity contribution in [2.24, 2.45) is 18.7 Å². The zero-order valence-corrected chi connectivity index (χ0v) is 11.8. The van der Waals surface area contributed by atoms with E-state index < -0.39 is 0 Å². The van der Waals surface area contributed by atoms with Gasteiger partial charge in [0.2, 0.25) is 11.8 Å². The smallest absolute Gasteiger partial charge is 0.224 e. The lowest BCUT2D eigenvalue weighted by Crippen LogP contribution is -2.37. The second-order valence-electron chi connectivity index (χ2n) is 5.12. The van der Waals surface area contributed by atoms with Gasteiger partial charge >= 0.3 is 0 Å². The lowest BCUT2D eigenvalue weighted by Gasteiger charge is -2.15. The third kappa shape index (κ3) is 3.07. The first kappa shape index (κ1) is 13.9. The summed E-state index contributed by atoms with van der Waals surface area (Å²) < 4.78 is 7.03. The molecule has 0 saturated heterocycles. The van der Waals surface area contributed by atoms with Gasteiger partial charge in [-0.2, -0.15) is 5.10 Å². The molecule has 0 radical (unpaired) electrons. The van der Waals surface area contributed by atoms with Crippen LogP contribution in [0.5, 0.6) is 5.88 Å². The van der Waals surface area contributed by atoms with E-state index in [0.29, 0.717) is 24.9 Å². The Morgan fingerprint density at radius 3 is 2.84 bits per heavy atom. The minimum absolute atomic E-state index is 0.0373. The van der Waals surface area contributed by atoms with E-state index in [4.69, 9.17) is 10.5 Å². The maximum atomic E-state index is 12.1. The number of nitrogens with two attached hydrogens (primary N) is 1. The Labute approximate surface area is 113 Å². The summed E-state index contributed by atoms with van der Waals surface area (Å²) in [6, 6.07) is 0.360. The van der Waals surface area contributed by atoms with E-state index in [-0.39, 0.29) is 11.8 Å². The zero-order valence-electron chi connectivity index (χ0n) is 11.8. The largest absolute Gasteiger partial charge is 0.481 e. The zero-order chi connectivity index (χ0) is 14.0. The van der Waals surface area contributed by atoms with Crippen LogP contribution in [-0.4, -0.2) is 35.4 Å². The van der Waals surface area contributed by atoms with Crippen molar-refractivity contribution in [3.8, 4) is 5.88 Å². The highest BCUT2D eigenvalue weighted by atomic mass is 16.5. The highest BCUT2D eigenvalue weighted by Gasteiger charge is 2.28. The number of aromatic nitrogens is 2. The van der Waals surface area contributed by atoms with Gasteiger partial charge in [-0.3, -0.25) is 4.79 Å². The van der Waals surface area contributed by atoms with Crippen molar-refractivity contribution in [2.45, 2.75) is 32.2 Å². The number of carbonyl (C=O) groups excluding carboxylic acids is 1. The summed E-state index contributed by atoms with van der Waals surface area (Å²) in [5, 5.41) is 7.32. The Balaban J connectivity index is 2.10. The molecule has 1 atom stereocenters. The number of hydrogen-bond acceptors (Lipinski definition) is 4. The van der Waals surface area contributed by atoms with Crippen LogP contribution in [0.3, 0.4) is 0 Å². The second-order valence-corrected chi connectivity index (χ2v) is 5.12. The monoisotopic (exact) mass is 266 g/mol. The Hall–Kier alpha value is -1.56. The molecule has 1 aromatic heterocycles. The minimum atomic E-state index is -0.225. The van der Waals surface area contributed by atoms with Gasteiger partial charge in [0.15, 0.2) is 0 Å². The van der Waals surface area contributed by atoms with Crippen molar-refractivity contribution < 1.29 is 9.53 Å². The van der Waals surface area contributed by atoms with Gasteiger partial charge in [0.25, 0.3) is 0 Å². The van der Waals surface area contributed by atoms with Crippen LogP contribution in [0, 0.1) is 12.8 Å². The number of hydrogen-bond donors (Lipinski definition) is 2. The number of amides is 1. The summed E-state index contributed by atoms with van der Waals surface area (Å²) in [7, 11) is 3.44. The van der Waals surface area contributed by atoms with Crippen LogP contribution in [0.4, 0.5) is 0 Å². The number of carbonyl (C=O) groups is 1. The van der Waals surface area contributed by atoms with E-state index in [0.717, 1.165) is 24.1 Å². The number of ether oxygens (including phenoxy) is 1. The van der Waals surface area contributed by atoms with E-state index in [9.17, 15) is 4.79 Å². The summed E-state index contributed by atoms with van der Waals surface area (Å²) in [4.78, 5) is 12.1. The fraction of sp³-hybridized carbons (Fsp3) is 0.692. The second kappa shape index (κ2) is 5.61. The van der Waals surface area contributed by atoms with Gasteiger partial charge in [0, 0.05) is 25.2 Å². The molecule has 1 aliphatic carbocycles. The molecular formula is C13H22N4O2. The van der Waals surface area contributed by atoms with Crippen LogP contribution >= 0.6 is 0 Å². The van der Waals surface area contributed by atoms with Crippen molar-refractivity contribution in [1.29, 1.82) is 0 Å². The number of nitrogens with zero attached hydrogens (tertiary/aromatic N) is 2. The average molecular weight is 266 g/mol. The van der Waals surface area contributed by atoms with Crippen LogP contribution in [-0.2, 0) is 18.3 Å². The molecule has 0 spiro atoms. The van der Waals surface area contributed by atoms with Crippen LogP contribution in [0.15, 0.2) is 0 Å². The molecule has 19 heavy (non-hydrogen) atoms. The van der Waals surface area contributed by atoms with Crippen LogP contribution in [0.25, 0.3) is 0 Å². The molecule has 106 valence electrons. The molecule has 0 bridgehead atoms. The Bertz CT molecular complexity index is 465. The molecule has 6 heteroatoms. The van der Waals surface area contributed by atoms with Crippen molar-refractivity contribution >= 4 is 5.91 Å². The molecule has 1 fully saturated rings. The topological polar surface area (TPSA) is 82.2 Å². The van der Waals surface area contributed by atoms with Crippen molar-refractivity contribution in [3.05, 3.63) is 11.3 Å². The Morgan fingerprint density at radius 1 is 1.63 bits per heavy atom. The number of methoxy groups -OCH3 is 1. The van der Waals surface area contributed by atoms with Crippen LogP contribution in [0.2, 0.25) is 0 Å². The summed E-state index contributed by atoms with van der Waals surface area (Å²) in [5.74, 6) is 0.517. The normalized spacial score (nSPS) is 16.2. The first-order chi connectivity index (χ1) is 9.06. The highest BCUT2D eigenvalue weighted by Crippen LogP contribution is 2.25. The molecule has 6 nitrogen and oxygen atoms in total. The van der Waals surface area contributed by atoms with Crippen molar-refractivity contribution in [3.63, 3.8) is 0 Å². The van der Waals surface area contributed by atoms with Gasteiger partial charge in [0.05, 0.1) is 18.7 Å². The lowest BCUT2D eigenvalue weighted by molar-refractivity contribution is -0.124. The van der Waals surface area contributed by atoms with E-state index in [2.05, 4.69) is 10.4 Å². The van der Waals surface area contributed by atoms with Crippen molar-refractivity contribution in [1.82, 2.24) is 15.1 Å². The third-order valence-electron chi connectivity index (χ3n) is 3.51. The number of nitrogens with one attached hydrogen (secondary N) is 1. The Kier molecular flexibility index (Phi) is 4.09. The van der Waals surface area contributed by atoms with Gasteiger partial charge in [-0.25, -0.2) is 4.68 Å². The van der Waals surface area contributed by atoms with Gasteiger partial charge in [0.1, 0.15) is 0 Å². The summed E-state index contributed by atoms with van der Waals surface area (Å²) in [5.41, 5.74) is 7.59. The fourth-order valence-electron chi connectivity index (χ4n) is 2.25. The minimum Gasteiger partial charge on any atom is -0.481 e. The molecule has 1 aliphatic rings. The maximum Gasteiger partial charge on any atom is 0.224 e. The fourth-order valence-corrected chi connectivity index (χ4v) is 2.25. The predicted octanol–water partition coefficient (Wildman–Crippen LogP) is 0.133. The lowest BCUT2D eigenvalue weighted by atomic mass is 9.98. The summed E-state index contributed by atoms with van der Waals surface area (Å²) in [6.07, 6.45) is 2.73. The number of aryl methyl sites for hydroxylation is 2. The van der Waals surface area contributed by atoms with Gasteiger partial charge in [-0.1, -0.05) is 0 Å². The van der Waals surface area contributed by atoms with E-state index in [1.54, 1.807) is 11.8 Å². The Morgan fingerprint density at radius 2 is 2.32 bits per heavy atom. The molecule has 0 aromatic carbocycles. The molecule has 1 saturated carbocycles. The molecule has 1 unspecified atom stereocenters. The average Bonchev–Trinajstić information content (AvgIpc) is 3.12. The van der Waals surface area contributed by atoms with Gasteiger partial charge < -0.3 is 15.8 Å². The molecule has 2 rings (SSSR count). The maximum absolute atomic E-state index is 12.1. The molecular weight excluding hydrogens is 244 g/mol. The first-order valence-electron chi connectivity index (χ1n) is 6.63. The summed E-state index contributed by atoms with van der Waals surface area (Å²) >= 11 is 0. The highest BCUT2D eigenvalue weighted by molar-refractivity contribution is 5.80. The third-order valence-corrected chi connectivity index (χ3v) is 3.51. The van der Waals surface area contributed by atoms with Crippen molar-refractivity contribution in [2.75, 3.05) is 13.7 Å². The molecule has 1 heterocycles. The predicted molar refractivity (Wildman–Crippen MR) is 71.9 cm³/mol. The SMILES string of the molecule is COc1c(CC(CN)C(=O)NC2CC2)c(C)nn1C. The molecule has 1 aromatic rings. The van der Waals surface area contributed by atoms with Gasteiger partial charge in [-0.05, 0) is 26.2 Å². The van der Waals surface area contributed by atoms with E-state index in [1.807, 2.05) is 14.0 Å². The first-order valence-corrected chi connectivity index (χ1v) is 6.63. The summed E-state index contributed by atoms with van der Waals surface area (Å²) in [6.45, 7) is 2.25. The van der Waals surface area contributed by atoms with E-state index in [1.165, 1.54) is 0 Å². The van der Waals surface area contributed by atoms with Crippen LogP contribution in [0.1, 0.15) is 24.1 Å².